The molecule has 0 fully saturated rings. The molecule has 0 aromatic carbocycles. The van der Waals surface area contributed by atoms with Gasteiger partial charge in [-0.05, 0) is 12.2 Å². The van der Waals surface area contributed by atoms with Gasteiger partial charge in [-0.1, -0.05) is 0 Å². The Morgan fingerprint density at radius 3 is 2.84 bits per heavy atom. The zero-order chi connectivity index (χ0) is 14.0. The highest BCUT2D eigenvalue weighted by molar-refractivity contribution is 6.30. The Balaban J connectivity index is 2.20. The molecule has 1 aliphatic carbocycles. The van der Waals surface area contributed by atoms with Crippen LogP contribution in [0.25, 0.3) is 5.70 Å². The maximum Gasteiger partial charge on any atom is 0.320 e. The molecule has 0 amide bonds. The molecule has 0 saturated heterocycles. The zero-order valence-electron chi connectivity index (χ0n) is 9.81. The Kier molecular flexibility index (Phi) is 3.39. The highest BCUT2D eigenvalue weighted by Gasteiger charge is 2.17. The Morgan fingerprint density at radius 2 is 2.16 bits per heavy atom. The summed E-state index contributed by atoms with van der Waals surface area (Å²) in [5.74, 6) is -1.72. The number of nitrogens with two attached hydrogens (primary N) is 1. The van der Waals surface area contributed by atoms with Gasteiger partial charge in [-0.15, -0.1) is 0 Å². The van der Waals surface area contributed by atoms with E-state index in [0.29, 0.717) is 5.69 Å². The van der Waals surface area contributed by atoms with Gasteiger partial charge in [0, 0.05) is 18.7 Å². The second-order valence-electron chi connectivity index (χ2n) is 4.05. The van der Waals surface area contributed by atoms with Gasteiger partial charge >= 0.3 is 5.97 Å². The Bertz CT molecular complexity index is 612. The van der Waals surface area contributed by atoms with Crippen molar-refractivity contribution >= 4 is 23.2 Å². The molecule has 0 aliphatic heterocycles. The number of hydrogen-bond donors (Lipinski definition) is 2. The Labute approximate surface area is 108 Å². The molecule has 7 heteroatoms. The summed E-state index contributed by atoms with van der Waals surface area (Å²) in [6, 6.07) is -1.05. The number of carboxylic acids is 1. The first-order valence-electron chi connectivity index (χ1n) is 5.47. The van der Waals surface area contributed by atoms with Crippen molar-refractivity contribution in [1.82, 2.24) is 9.55 Å². The molecular weight excluding hydrogens is 250 g/mol. The van der Waals surface area contributed by atoms with Crippen LogP contribution in [0.3, 0.4) is 0 Å². The average molecular weight is 261 g/mol. The fourth-order valence-electron chi connectivity index (χ4n) is 1.61. The Morgan fingerprint density at radius 1 is 1.42 bits per heavy atom. The van der Waals surface area contributed by atoms with Crippen LogP contribution < -0.4 is 5.73 Å². The second-order valence-corrected chi connectivity index (χ2v) is 4.05. The van der Waals surface area contributed by atoms with Crippen LogP contribution in [0.5, 0.6) is 0 Å². The van der Waals surface area contributed by atoms with E-state index in [9.17, 15) is 14.4 Å². The summed E-state index contributed by atoms with van der Waals surface area (Å²) >= 11 is 0. The van der Waals surface area contributed by atoms with Crippen LogP contribution in [0.2, 0.25) is 0 Å². The van der Waals surface area contributed by atoms with E-state index in [2.05, 4.69) is 4.98 Å². The van der Waals surface area contributed by atoms with Crippen molar-refractivity contribution in [1.29, 1.82) is 0 Å². The number of rotatable bonds is 4. The SMILES string of the molecule is N[C@@H](Cc1cn(C2=CC(=O)C=CC2=O)cn1)C(=O)O. The van der Waals surface area contributed by atoms with Gasteiger partial charge in [0.25, 0.3) is 0 Å². The fourth-order valence-corrected chi connectivity index (χ4v) is 1.61. The maximum atomic E-state index is 11.6. The van der Waals surface area contributed by atoms with E-state index in [1.54, 1.807) is 0 Å². The number of aromatic nitrogens is 2. The van der Waals surface area contributed by atoms with Gasteiger partial charge in [-0.2, -0.15) is 0 Å². The summed E-state index contributed by atoms with van der Waals surface area (Å²) in [6.07, 6.45) is 6.45. The molecule has 1 aromatic rings. The van der Waals surface area contributed by atoms with Crippen LogP contribution in [0.15, 0.2) is 30.8 Å². The van der Waals surface area contributed by atoms with E-state index >= 15 is 0 Å². The lowest BCUT2D eigenvalue weighted by Crippen LogP contribution is -2.32. The van der Waals surface area contributed by atoms with E-state index in [1.165, 1.54) is 35.3 Å². The quantitative estimate of drug-likeness (QED) is 0.698. The smallest absolute Gasteiger partial charge is 0.320 e. The molecular formula is C12H11N3O4. The minimum absolute atomic E-state index is 0.0492. The van der Waals surface area contributed by atoms with Crippen LogP contribution in [0.1, 0.15) is 5.69 Å². The number of ketones is 2. The first-order valence-corrected chi connectivity index (χ1v) is 5.47. The third-order valence-electron chi connectivity index (χ3n) is 2.59. The van der Waals surface area contributed by atoms with Crippen LogP contribution in [0, 0.1) is 0 Å². The molecule has 2 rings (SSSR count). The van der Waals surface area contributed by atoms with Crippen molar-refractivity contribution in [3.05, 3.63) is 36.4 Å². The first-order chi connectivity index (χ1) is 8.97. The molecule has 1 aromatic heterocycles. The fraction of sp³-hybridized carbons (Fsp3) is 0.167. The highest BCUT2D eigenvalue weighted by Crippen LogP contribution is 2.13. The number of carbonyl (C=O) groups is 3. The summed E-state index contributed by atoms with van der Waals surface area (Å²) in [5.41, 5.74) is 6.00. The lowest BCUT2D eigenvalue weighted by molar-refractivity contribution is -0.138. The summed E-state index contributed by atoms with van der Waals surface area (Å²) < 4.78 is 1.38. The predicted octanol–water partition coefficient (Wildman–Crippen LogP) is -0.614. The number of hydrogen-bond acceptors (Lipinski definition) is 5. The van der Waals surface area contributed by atoms with Crippen LogP contribution in [-0.2, 0) is 20.8 Å². The minimum Gasteiger partial charge on any atom is -0.480 e. The van der Waals surface area contributed by atoms with Crippen molar-refractivity contribution in [2.24, 2.45) is 5.73 Å². The molecule has 1 atom stereocenters. The first kappa shape index (κ1) is 12.9. The summed E-state index contributed by atoms with van der Waals surface area (Å²) in [7, 11) is 0. The van der Waals surface area contributed by atoms with Crippen molar-refractivity contribution in [2.75, 3.05) is 0 Å². The lowest BCUT2D eigenvalue weighted by Gasteiger charge is -2.07. The number of aliphatic carboxylic acids is 1. The van der Waals surface area contributed by atoms with Crippen molar-refractivity contribution < 1.29 is 19.5 Å². The summed E-state index contributed by atoms with van der Waals surface area (Å²) in [4.78, 5) is 37.4. The molecule has 1 heterocycles. The molecule has 0 radical (unpaired) electrons. The number of nitrogens with zero attached hydrogens (tertiary/aromatic N) is 2. The standard InChI is InChI=1S/C12H11N3O4/c13-9(12(18)19)3-7-5-15(6-14-7)10-4-8(16)1-2-11(10)17/h1-2,4-6,9H,3,13H2,(H,18,19)/t9-/m0/s1. The Hall–Kier alpha value is -2.54. The molecule has 98 valence electrons. The highest BCUT2D eigenvalue weighted by atomic mass is 16.4. The number of carbonyl (C=O) groups excluding carboxylic acids is 2. The van der Waals surface area contributed by atoms with Crippen molar-refractivity contribution in [3.8, 4) is 0 Å². The molecule has 7 nitrogen and oxygen atoms in total. The van der Waals surface area contributed by atoms with E-state index < -0.39 is 12.0 Å². The second kappa shape index (κ2) is 4.99. The van der Waals surface area contributed by atoms with Gasteiger partial charge < -0.3 is 15.4 Å². The van der Waals surface area contributed by atoms with E-state index in [4.69, 9.17) is 10.8 Å². The largest absolute Gasteiger partial charge is 0.480 e. The molecule has 0 spiro atoms. The number of allylic oxidation sites excluding steroid dienone is 4. The minimum atomic E-state index is -1.12. The van der Waals surface area contributed by atoms with Gasteiger partial charge in [-0.25, -0.2) is 4.98 Å². The van der Waals surface area contributed by atoms with Gasteiger partial charge in [0.1, 0.15) is 6.04 Å². The third kappa shape index (κ3) is 2.83. The molecule has 1 aliphatic rings. The zero-order valence-corrected chi connectivity index (χ0v) is 9.81. The van der Waals surface area contributed by atoms with Gasteiger partial charge in [0.2, 0.25) is 5.78 Å². The molecule has 0 unspecified atom stereocenters. The number of carboxylic acid groups (broad SMARTS) is 1. The molecule has 3 N–H and O–H groups in total. The van der Waals surface area contributed by atoms with Gasteiger partial charge in [-0.3, -0.25) is 14.4 Å². The normalized spacial score (nSPS) is 16.4. The van der Waals surface area contributed by atoms with Crippen LogP contribution in [-0.4, -0.2) is 38.2 Å². The predicted molar refractivity (Wildman–Crippen MR) is 65.0 cm³/mol. The maximum absolute atomic E-state index is 11.6. The van der Waals surface area contributed by atoms with Crippen LogP contribution in [0.4, 0.5) is 0 Å². The monoisotopic (exact) mass is 261 g/mol. The average Bonchev–Trinajstić information content (AvgIpc) is 2.80. The van der Waals surface area contributed by atoms with E-state index in [0.717, 1.165) is 0 Å². The van der Waals surface area contributed by atoms with Gasteiger partial charge in [0.05, 0.1) is 17.7 Å². The summed E-state index contributed by atoms with van der Waals surface area (Å²) in [5, 5.41) is 8.70. The van der Waals surface area contributed by atoms with Crippen molar-refractivity contribution in [2.45, 2.75) is 12.5 Å². The lowest BCUT2D eigenvalue weighted by atomic mass is 10.1. The molecule has 0 bridgehead atoms. The topological polar surface area (TPSA) is 115 Å². The van der Waals surface area contributed by atoms with Crippen molar-refractivity contribution in [3.63, 3.8) is 0 Å². The third-order valence-corrected chi connectivity index (χ3v) is 2.59. The molecule has 19 heavy (non-hydrogen) atoms. The van der Waals surface area contributed by atoms with E-state index in [1.807, 2.05) is 0 Å². The summed E-state index contributed by atoms with van der Waals surface area (Å²) in [6.45, 7) is 0. The number of imidazole rings is 1. The van der Waals surface area contributed by atoms with E-state index in [-0.39, 0.29) is 23.7 Å². The molecule has 0 saturated carbocycles. The van der Waals surface area contributed by atoms with Crippen LogP contribution >= 0.6 is 0 Å². The van der Waals surface area contributed by atoms with Gasteiger partial charge in [0.15, 0.2) is 5.78 Å².